The second-order valence-corrected chi connectivity index (χ2v) is 4.81. The molecule has 0 radical (unpaired) electrons. The molecule has 0 amide bonds. The van der Waals surface area contributed by atoms with Crippen molar-refractivity contribution in [2.45, 2.75) is 6.04 Å². The minimum atomic E-state index is 0.0356. The maximum atomic E-state index is 5.56. The maximum absolute atomic E-state index is 5.56. The lowest BCUT2D eigenvalue weighted by Gasteiger charge is -2.03. The molecule has 1 atom stereocenters. The van der Waals surface area contributed by atoms with Gasteiger partial charge in [0.15, 0.2) is 0 Å². The predicted octanol–water partition coefficient (Wildman–Crippen LogP) is 2.76. The predicted molar refractivity (Wildman–Crippen MR) is 71.4 cm³/mol. The lowest BCUT2D eigenvalue weighted by Crippen LogP contribution is -2.06. The van der Waals surface area contributed by atoms with Crippen LogP contribution < -0.4 is 0 Å². The molecule has 1 aliphatic heterocycles. The van der Waals surface area contributed by atoms with Crippen molar-refractivity contribution in [3.8, 4) is 0 Å². The van der Waals surface area contributed by atoms with Crippen LogP contribution in [0.15, 0.2) is 52.2 Å². The van der Waals surface area contributed by atoms with Gasteiger partial charge in [-0.1, -0.05) is 30.3 Å². The molecule has 5 heteroatoms. The van der Waals surface area contributed by atoms with Crippen LogP contribution in [-0.4, -0.2) is 22.5 Å². The quantitative estimate of drug-likeness (QED) is 0.857. The van der Waals surface area contributed by atoms with Gasteiger partial charge in [0.25, 0.3) is 5.90 Å². The number of halogens is 1. The van der Waals surface area contributed by atoms with Crippen molar-refractivity contribution in [2.75, 3.05) is 6.61 Å². The standard InChI is InChI=1S/C13H10BrN3O/c14-10-6-15-12(16-7-10)13-17-11(8-18-13)9-4-2-1-3-5-9/h1-7,11H,8H2. The SMILES string of the molecule is Brc1cnc(C2=NC(c3ccccc3)CO2)nc1. The summed E-state index contributed by atoms with van der Waals surface area (Å²) in [7, 11) is 0. The van der Waals surface area contributed by atoms with Crippen LogP contribution in [0, 0.1) is 0 Å². The van der Waals surface area contributed by atoms with E-state index in [4.69, 9.17) is 4.74 Å². The molecule has 0 fully saturated rings. The zero-order chi connectivity index (χ0) is 12.4. The lowest BCUT2D eigenvalue weighted by atomic mass is 10.1. The summed E-state index contributed by atoms with van der Waals surface area (Å²) < 4.78 is 6.39. The van der Waals surface area contributed by atoms with E-state index >= 15 is 0 Å². The Labute approximate surface area is 113 Å². The Morgan fingerprint density at radius 3 is 2.56 bits per heavy atom. The van der Waals surface area contributed by atoms with Gasteiger partial charge >= 0.3 is 0 Å². The van der Waals surface area contributed by atoms with Crippen molar-refractivity contribution in [3.63, 3.8) is 0 Å². The van der Waals surface area contributed by atoms with E-state index in [1.807, 2.05) is 30.3 Å². The van der Waals surface area contributed by atoms with Gasteiger partial charge in [-0.05, 0) is 21.5 Å². The van der Waals surface area contributed by atoms with E-state index in [2.05, 4.69) is 30.9 Å². The number of ether oxygens (including phenoxy) is 1. The highest BCUT2D eigenvalue weighted by atomic mass is 79.9. The Kier molecular flexibility index (Phi) is 3.06. The lowest BCUT2D eigenvalue weighted by molar-refractivity contribution is 0.318. The third-order valence-corrected chi connectivity index (χ3v) is 3.06. The molecule has 1 aliphatic rings. The van der Waals surface area contributed by atoms with Crippen molar-refractivity contribution in [3.05, 3.63) is 58.6 Å². The number of nitrogens with zero attached hydrogens (tertiary/aromatic N) is 3. The van der Waals surface area contributed by atoms with Crippen LogP contribution >= 0.6 is 15.9 Å². The molecule has 0 aliphatic carbocycles. The van der Waals surface area contributed by atoms with Crippen molar-refractivity contribution in [1.29, 1.82) is 0 Å². The highest BCUT2D eigenvalue weighted by Gasteiger charge is 2.22. The second-order valence-electron chi connectivity index (χ2n) is 3.90. The molecule has 0 N–H and O–H groups in total. The molecule has 0 bridgehead atoms. The molecular weight excluding hydrogens is 294 g/mol. The molecule has 3 rings (SSSR count). The molecule has 4 nitrogen and oxygen atoms in total. The van der Waals surface area contributed by atoms with Gasteiger partial charge in [-0.2, -0.15) is 0 Å². The van der Waals surface area contributed by atoms with Crippen molar-refractivity contribution in [1.82, 2.24) is 9.97 Å². The summed E-state index contributed by atoms with van der Waals surface area (Å²) >= 11 is 3.30. The zero-order valence-corrected chi connectivity index (χ0v) is 11.0. The van der Waals surface area contributed by atoms with Crippen molar-refractivity contribution in [2.24, 2.45) is 4.99 Å². The van der Waals surface area contributed by atoms with E-state index in [1.54, 1.807) is 12.4 Å². The van der Waals surface area contributed by atoms with Crippen LogP contribution in [-0.2, 0) is 4.74 Å². The van der Waals surface area contributed by atoms with E-state index < -0.39 is 0 Å². The van der Waals surface area contributed by atoms with Crippen molar-refractivity contribution >= 4 is 21.8 Å². The van der Waals surface area contributed by atoms with Gasteiger partial charge in [0, 0.05) is 12.4 Å². The highest BCUT2D eigenvalue weighted by molar-refractivity contribution is 9.10. The maximum Gasteiger partial charge on any atom is 0.255 e. The number of aromatic nitrogens is 2. The summed E-state index contributed by atoms with van der Waals surface area (Å²) in [6.07, 6.45) is 3.37. The summed E-state index contributed by atoms with van der Waals surface area (Å²) in [4.78, 5) is 12.9. The molecule has 0 saturated carbocycles. The number of hydrogen-bond acceptors (Lipinski definition) is 4. The topological polar surface area (TPSA) is 47.4 Å². The third-order valence-electron chi connectivity index (χ3n) is 2.65. The van der Waals surface area contributed by atoms with Gasteiger partial charge in [0.05, 0.1) is 4.47 Å². The Balaban J connectivity index is 1.86. The first-order valence-electron chi connectivity index (χ1n) is 5.56. The molecule has 0 saturated heterocycles. The first-order valence-corrected chi connectivity index (χ1v) is 6.36. The monoisotopic (exact) mass is 303 g/mol. The van der Waals surface area contributed by atoms with E-state index in [9.17, 15) is 0 Å². The molecule has 18 heavy (non-hydrogen) atoms. The van der Waals surface area contributed by atoms with Crippen LogP contribution in [0.5, 0.6) is 0 Å². The first-order chi connectivity index (χ1) is 8.83. The smallest absolute Gasteiger partial charge is 0.255 e. The fourth-order valence-corrected chi connectivity index (χ4v) is 1.97. The number of hydrogen-bond donors (Lipinski definition) is 0. The summed E-state index contributed by atoms with van der Waals surface area (Å²) in [6, 6.07) is 10.1. The molecule has 1 unspecified atom stereocenters. The Morgan fingerprint density at radius 1 is 1.11 bits per heavy atom. The second kappa shape index (κ2) is 4.86. The van der Waals surface area contributed by atoms with E-state index in [0.717, 1.165) is 10.0 Å². The minimum Gasteiger partial charge on any atom is -0.473 e. The molecule has 0 spiro atoms. The molecule has 2 heterocycles. The molecule has 2 aromatic rings. The summed E-state index contributed by atoms with van der Waals surface area (Å²) in [6.45, 7) is 0.540. The normalized spacial score (nSPS) is 18.3. The number of benzene rings is 1. The van der Waals surface area contributed by atoms with Gasteiger partial charge in [-0.15, -0.1) is 0 Å². The molecule has 1 aromatic heterocycles. The van der Waals surface area contributed by atoms with Crippen molar-refractivity contribution < 1.29 is 4.74 Å². The van der Waals surface area contributed by atoms with Crippen LogP contribution in [0.3, 0.4) is 0 Å². The van der Waals surface area contributed by atoms with Crippen LogP contribution in [0.2, 0.25) is 0 Å². The number of aliphatic imine (C=N–C) groups is 1. The average molecular weight is 304 g/mol. The summed E-state index contributed by atoms with van der Waals surface area (Å²) in [5.74, 6) is 1.04. The van der Waals surface area contributed by atoms with E-state index in [1.165, 1.54) is 0 Å². The fraction of sp³-hybridized carbons (Fsp3) is 0.154. The first kappa shape index (κ1) is 11.3. The van der Waals surface area contributed by atoms with Gasteiger partial charge in [0.1, 0.15) is 12.6 Å². The van der Waals surface area contributed by atoms with E-state index in [0.29, 0.717) is 18.3 Å². The largest absolute Gasteiger partial charge is 0.473 e. The number of rotatable bonds is 2. The van der Waals surface area contributed by atoms with Crippen LogP contribution in [0.4, 0.5) is 0 Å². The summed E-state index contributed by atoms with van der Waals surface area (Å²) in [5, 5.41) is 0. The fourth-order valence-electron chi connectivity index (χ4n) is 1.76. The minimum absolute atomic E-state index is 0.0356. The van der Waals surface area contributed by atoms with Gasteiger partial charge < -0.3 is 4.74 Å². The Bertz CT molecular complexity index is 569. The average Bonchev–Trinajstić information content (AvgIpc) is 2.90. The molecular formula is C13H10BrN3O. The zero-order valence-electron chi connectivity index (χ0n) is 9.45. The Morgan fingerprint density at radius 2 is 1.83 bits per heavy atom. The van der Waals surface area contributed by atoms with Gasteiger partial charge in [-0.25, -0.2) is 15.0 Å². The molecule has 1 aromatic carbocycles. The van der Waals surface area contributed by atoms with Gasteiger partial charge in [0.2, 0.25) is 5.82 Å². The van der Waals surface area contributed by atoms with Crippen LogP contribution in [0.25, 0.3) is 0 Å². The Hall–Kier alpha value is -1.75. The summed E-state index contributed by atoms with van der Waals surface area (Å²) in [5.41, 5.74) is 1.14. The highest BCUT2D eigenvalue weighted by Crippen LogP contribution is 2.23. The third kappa shape index (κ3) is 2.26. The molecule has 90 valence electrons. The van der Waals surface area contributed by atoms with Crippen LogP contribution in [0.1, 0.15) is 17.4 Å². The van der Waals surface area contributed by atoms with Gasteiger partial charge in [-0.3, -0.25) is 0 Å². The van der Waals surface area contributed by atoms with E-state index in [-0.39, 0.29) is 6.04 Å².